The van der Waals surface area contributed by atoms with E-state index in [9.17, 15) is 9.59 Å². The van der Waals surface area contributed by atoms with Crippen molar-refractivity contribution in [3.05, 3.63) is 36.2 Å². The van der Waals surface area contributed by atoms with Gasteiger partial charge in [-0.15, -0.1) is 5.10 Å². The third-order valence-electron chi connectivity index (χ3n) is 4.17. The molecule has 1 atom stereocenters. The number of benzene rings is 1. The maximum absolute atomic E-state index is 12.5. The number of methoxy groups -OCH3 is 1. The first-order valence-electron chi connectivity index (χ1n) is 8.15. The number of aromatic nitrogens is 4. The van der Waals surface area contributed by atoms with Crippen LogP contribution in [0.4, 0.5) is 4.79 Å². The van der Waals surface area contributed by atoms with Crippen molar-refractivity contribution in [1.82, 2.24) is 30.4 Å². The Balaban J connectivity index is 1.67. The molecular weight excluding hydrogens is 324 g/mol. The number of piperidine rings is 1. The molecule has 0 unspecified atom stereocenters. The zero-order valence-electron chi connectivity index (χ0n) is 14.0. The van der Waals surface area contributed by atoms with Crippen molar-refractivity contribution in [2.45, 2.75) is 31.8 Å². The summed E-state index contributed by atoms with van der Waals surface area (Å²) in [6.07, 6.45) is 1.90. The second kappa shape index (κ2) is 7.73. The van der Waals surface area contributed by atoms with E-state index < -0.39 is 12.1 Å². The lowest BCUT2D eigenvalue weighted by Crippen LogP contribution is -2.51. The normalized spacial score (nSPS) is 17.2. The van der Waals surface area contributed by atoms with Crippen LogP contribution in [0.3, 0.4) is 0 Å². The number of ether oxygens (including phenoxy) is 1. The zero-order valence-corrected chi connectivity index (χ0v) is 14.0. The van der Waals surface area contributed by atoms with Gasteiger partial charge in [0, 0.05) is 6.54 Å². The molecule has 9 heteroatoms. The molecule has 0 bridgehead atoms. The van der Waals surface area contributed by atoms with Crippen molar-refractivity contribution in [3.8, 4) is 5.69 Å². The van der Waals surface area contributed by atoms with Crippen molar-refractivity contribution in [1.29, 1.82) is 0 Å². The van der Waals surface area contributed by atoms with Gasteiger partial charge in [-0.2, -0.15) is 4.68 Å². The monoisotopic (exact) mass is 344 g/mol. The Morgan fingerprint density at radius 1 is 1.28 bits per heavy atom. The number of rotatable bonds is 4. The Labute approximate surface area is 144 Å². The van der Waals surface area contributed by atoms with E-state index in [0.29, 0.717) is 18.8 Å². The van der Waals surface area contributed by atoms with E-state index in [0.717, 1.165) is 18.5 Å². The first kappa shape index (κ1) is 16.9. The van der Waals surface area contributed by atoms with Gasteiger partial charge in [0.2, 0.25) is 5.91 Å². The van der Waals surface area contributed by atoms with Gasteiger partial charge in [-0.3, -0.25) is 9.69 Å². The molecule has 0 aliphatic carbocycles. The summed E-state index contributed by atoms with van der Waals surface area (Å²) in [6, 6.07) is 8.90. The van der Waals surface area contributed by atoms with Crippen LogP contribution >= 0.6 is 0 Å². The first-order chi connectivity index (χ1) is 12.2. The average Bonchev–Trinajstić information content (AvgIpc) is 3.14. The number of likely N-dealkylation sites (tertiary alicyclic amines) is 1. The van der Waals surface area contributed by atoms with E-state index in [1.54, 1.807) is 4.68 Å². The second-order valence-corrected chi connectivity index (χ2v) is 5.74. The minimum absolute atomic E-state index is 0.173. The van der Waals surface area contributed by atoms with Crippen molar-refractivity contribution >= 4 is 12.0 Å². The minimum atomic E-state index is -0.526. The van der Waals surface area contributed by atoms with Crippen LogP contribution in [0.5, 0.6) is 0 Å². The Morgan fingerprint density at radius 3 is 2.84 bits per heavy atom. The highest BCUT2D eigenvalue weighted by atomic mass is 16.5. The van der Waals surface area contributed by atoms with Crippen molar-refractivity contribution in [2.24, 2.45) is 0 Å². The Kier molecular flexibility index (Phi) is 5.22. The van der Waals surface area contributed by atoms with Gasteiger partial charge < -0.3 is 10.1 Å². The lowest BCUT2D eigenvalue weighted by Gasteiger charge is -2.33. The van der Waals surface area contributed by atoms with Gasteiger partial charge in [-0.25, -0.2) is 4.79 Å². The Hall–Kier alpha value is -2.97. The minimum Gasteiger partial charge on any atom is -0.453 e. The number of para-hydroxylation sites is 1. The highest BCUT2D eigenvalue weighted by Crippen LogP contribution is 2.18. The molecule has 132 valence electrons. The van der Waals surface area contributed by atoms with Gasteiger partial charge in [0.1, 0.15) is 6.04 Å². The SMILES string of the molecule is COC(=O)N1CCCC[C@@H]1C(=O)NCc1nnnn1-c1ccccc1. The number of carbonyl (C=O) groups excluding carboxylic acids is 2. The largest absolute Gasteiger partial charge is 0.453 e. The topological polar surface area (TPSA) is 102 Å². The van der Waals surface area contributed by atoms with E-state index in [1.807, 2.05) is 30.3 Å². The van der Waals surface area contributed by atoms with Crippen molar-refractivity contribution < 1.29 is 14.3 Å². The Morgan fingerprint density at radius 2 is 2.08 bits per heavy atom. The van der Waals surface area contributed by atoms with Crippen molar-refractivity contribution in [3.63, 3.8) is 0 Å². The molecule has 0 saturated carbocycles. The molecule has 3 rings (SSSR count). The quantitative estimate of drug-likeness (QED) is 0.884. The number of nitrogens with one attached hydrogen (secondary N) is 1. The van der Waals surface area contributed by atoms with Gasteiger partial charge in [0.25, 0.3) is 0 Å². The summed E-state index contributed by atoms with van der Waals surface area (Å²) in [6.45, 7) is 0.693. The molecule has 1 aromatic heterocycles. The fourth-order valence-electron chi connectivity index (χ4n) is 2.91. The van der Waals surface area contributed by atoms with Crippen LogP contribution in [-0.2, 0) is 16.1 Å². The van der Waals surface area contributed by atoms with E-state index in [2.05, 4.69) is 20.8 Å². The molecule has 0 spiro atoms. The zero-order chi connectivity index (χ0) is 17.6. The molecule has 0 radical (unpaired) electrons. The van der Waals surface area contributed by atoms with Crippen LogP contribution in [0.15, 0.2) is 30.3 Å². The highest BCUT2D eigenvalue weighted by molar-refractivity contribution is 5.85. The third-order valence-corrected chi connectivity index (χ3v) is 4.17. The van der Waals surface area contributed by atoms with Crippen LogP contribution in [-0.4, -0.2) is 56.8 Å². The number of tetrazole rings is 1. The third kappa shape index (κ3) is 3.76. The fourth-order valence-corrected chi connectivity index (χ4v) is 2.91. The Bertz CT molecular complexity index is 732. The van der Waals surface area contributed by atoms with Gasteiger partial charge in [0.05, 0.1) is 19.3 Å². The van der Waals surface area contributed by atoms with Gasteiger partial charge in [-0.05, 0) is 41.8 Å². The number of carbonyl (C=O) groups is 2. The van der Waals surface area contributed by atoms with Crippen LogP contribution < -0.4 is 5.32 Å². The summed E-state index contributed by atoms with van der Waals surface area (Å²) in [4.78, 5) is 25.8. The van der Waals surface area contributed by atoms with E-state index >= 15 is 0 Å². The smallest absolute Gasteiger partial charge is 0.410 e. The average molecular weight is 344 g/mol. The summed E-state index contributed by atoms with van der Waals surface area (Å²) < 4.78 is 6.34. The number of amides is 2. The summed E-state index contributed by atoms with van der Waals surface area (Å²) in [5, 5.41) is 14.4. The van der Waals surface area contributed by atoms with Crippen molar-refractivity contribution in [2.75, 3.05) is 13.7 Å². The molecule has 2 heterocycles. The van der Waals surface area contributed by atoms with E-state index in [4.69, 9.17) is 4.74 Å². The lowest BCUT2D eigenvalue weighted by molar-refractivity contribution is -0.127. The van der Waals surface area contributed by atoms with Gasteiger partial charge in [0.15, 0.2) is 5.82 Å². The molecule has 25 heavy (non-hydrogen) atoms. The molecule has 1 N–H and O–H groups in total. The number of hydrogen-bond acceptors (Lipinski definition) is 6. The highest BCUT2D eigenvalue weighted by Gasteiger charge is 2.32. The van der Waals surface area contributed by atoms with Crippen LogP contribution in [0, 0.1) is 0 Å². The number of nitrogens with zero attached hydrogens (tertiary/aromatic N) is 5. The van der Waals surface area contributed by atoms with Gasteiger partial charge >= 0.3 is 6.09 Å². The molecule has 1 aliphatic rings. The maximum Gasteiger partial charge on any atom is 0.410 e. The van der Waals surface area contributed by atoms with Crippen LogP contribution in [0.2, 0.25) is 0 Å². The van der Waals surface area contributed by atoms with E-state index in [-0.39, 0.29) is 12.5 Å². The summed E-state index contributed by atoms with van der Waals surface area (Å²) in [5.74, 6) is 0.285. The van der Waals surface area contributed by atoms with Crippen LogP contribution in [0.1, 0.15) is 25.1 Å². The van der Waals surface area contributed by atoms with Gasteiger partial charge in [-0.1, -0.05) is 18.2 Å². The predicted molar refractivity (Wildman–Crippen MR) is 87.8 cm³/mol. The number of hydrogen-bond donors (Lipinski definition) is 1. The standard InChI is InChI=1S/C16H20N6O3/c1-25-16(24)21-10-6-5-9-13(21)15(23)17-11-14-18-19-20-22(14)12-7-3-2-4-8-12/h2-4,7-8,13H,5-6,9-11H2,1H3,(H,17,23)/t13-/m1/s1. The summed E-state index contributed by atoms with van der Waals surface area (Å²) in [5.41, 5.74) is 0.811. The van der Waals surface area contributed by atoms with Crippen LogP contribution in [0.25, 0.3) is 5.69 Å². The molecule has 1 fully saturated rings. The molecule has 1 saturated heterocycles. The molecule has 1 aliphatic heterocycles. The van der Waals surface area contributed by atoms with E-state index in [1.165, 1.54) is 12.0 Å². The first-order valence-corrected chi connectivity index (χ1v) is 8.15. The molecule has 2 aromatic rings. The fraction of sp³-hybridized carbons (Fsp3) is 0.438. The molecule has 1 aromatic carbocycles. The summed E-state index contributed by atoms with van der Waals surface area (Å²) in [7, 11) is 1.32. The second-order valence-electron chi connectivity index (χ2n) is 5.74. The molecular formula is C16H20N6O3. The molecule has 2 amide bonds. The maximum atomic E-state index is 12.5. The lowest BCUT2D eigenvalue weighted by atomic mass is 10.0. The molecule has 9 nitrogen and oxygen atoms in total. The summed E-state index contributed by atoms with van der Waals surface area (Å²) >= 11 is 0. The predicted octanol–water partition coefficient (Wildman–Crippen LogP) is 0.899.